The van der Waals surface area contributed by atoms with Gasteiger partial charge in [0.25, 0.3) is 0 Å². The van der Waals surface area contributed by atoms with E-state index in [1.165, 1.54) is 57.8 Å². The molecule has 130 valence electrons. The summed E-state index contributed by atoms with van der Waals surface area (Å²) < 4.78 is 5.01. The van der Waals surface area contributed by atoms with Crippen LogP contribution in [0.15, 0.2) is 0 Å². The molecule has 0 saturated carbocycles. The third-order valence-corrected chi connectivity index (χ3v) is 4.34. The molecule has 0 aliphatic heterocycles. The Morgan fingerprint density at radius 2 is 1.36 bits per heavy atom. The molecule has 1 N–H and O–H groups in total. The Morgan fingerprint density at radius 1 is 0.909 bits per heavy atom. The number of carboxylic acids is 1. The highest BCUT2D eigenvalue weighted by Crippen LogP contribution is 2.11. The summed E-state index contributed by atoms with van der Waals surface area (Å²) in [5.41, 5.74) is 0. The lowest BCUT2D eigenvalue weighted by Gasteiger charge is -2.06. The normalized spacial score (nSPS) is 12.1. The molecule has 0 bridgehead atoms. The Balaban J connectivity index is 3.23. The van der Waals surface area contributed by atoms with Crippen molar-refractivity contribution in [1.82, 2.24) is 0 Å². The monoisotopic (exact) mass is 378 g/mol. The molecule has 0 aliphatic carbocycles. The van der Waals surface area contributed by atoms with Gasteiger partial charge in [0.2, 0.25) is 0 Å². The highest BCUT2D eigenvalue weighted by molar-refractivity contribution is 9.10. The third-order valence-electron chi connectivity index (χ3n) is 3.62. The molecular weight excluding hydrogens is 348 g/mol. The Morgan fingerprint density at radius 3 is 1.82 bits per heavy atom. The highest BCUT2D eigenvalue weighted by Gasteiger charge is 2.18. The fourth-order valence-corrected chi connectivity index (χ4v) is 2.51. The molecule has 1 atom stereocenters. The van der Waals surface area contributed by atoms with Crippen LogP contribution >= 0.6 is 15.9 Å². The molecule has 0 aliphatic rings. The Hall–Kier alpha value is -0.580. The van der Waals surface area contributed by atoms with E-state index < -0.39 is 16.8 Å². The van der Waals surface area contributed by atoms with Crippen molar-refractivity contribution in [2.75, 3.05) is 6.61 Å². The van der Waals surface area contributed by atoms with Gasteiger partial charge in [-0.05, 0) is 6.42 Å². The third kappa shape index (κ3) is 14.4. The van der Waals surface area contributed by atoms with Gasteiger partial charge in [0.05, 0.1) is 13.0 Å². The zero-order valence-electron chi connectivity index (χ0n) is 13.8. The molecule has 0 aromatic heterocycles. The number of esters is 1. The van der Waals surface area contributed by atoms with E-state index in [9.17, 15) is 9.59 Å². The molecule has 0 spiro atoms. The largest absolute Gasteiger partial charge is 0.480 e. The highest BCUT2D eigenvalue weighted by atomic mass is 79.9. The van der Waals surface area contributed by atoms with Crippen LogP contribution in [0.3, 0.4) is 0 Å². The van der Waals surface area contributed by atoms with E-state index >= 15 is 0 Å². The summed E-state index contributed by atoms with van der Waals surface area (Å²) >= 11 is 2.92. The molecule has 0 fully saturated rings. The number of carbonyl (C=O) groups is 2. The van der Waals surface area contributed by atoms with Gasteiger partial charge in [0, 0.05) is 0 Å². The average molecular weight is 379 g/mol. The summed E-state index contributed by atoms with van der Waals surface area (Å²) in [6, 6.07) is 0. The Bertz CT molecular complexity index is 294. The molecule has 0 saturated heterocycles. The van der Waals surface area contributed by atoms with Gasteiger partial charge in [-0.3, -0.25) is 9.59 Å². The number of aliphatic carboxylic acids is 1. The van der Waals surface area contributed by atoms with E-state index in [1.54, 1.807) is 0 Å². The van der Waals surface area contributed by atoms with Crippen LogP contribution in [-0.2, 0) is 14.3 Å². The van der Waals surface area contributed by atoms with Crippen LogP contribution in [0.1, 0.15) is 84.0 Å². The first kappa shape index (κ1) is 21.4. The average Bonchev–Trinajstić information content (AvgIpc) is 2.48. The van der Waals surface area contributed by atoms with Gasteiger partial charge in [0.1, 0.15) is 4.83 Å². The molecule has 0 heterocycles. The molecule has 22 heavy (non-hydrogen) atoms. The maximum absolute atomic E-state index is 11.3. The molecule has 0 amide bonds. The summed E-state index contributed by atoms with van der Waals surface area (Å²) in [5.74, 6) is -1.48. The maximum atomic E-state index is 11.3. The molecule has 4 nitrogen and oxygen atoms in total. The number of ether oxygens (including phenoxy) is 1. The number of hydrogen-bond acceptors (Lipinski definition) is 3. The minimum atomic E-state index is -1.04. The molecule has 1 unspecified atom stereocenters. The Labute approximate surface area is 143 Å². The van der Waals surface area contributed by atoms with Crippen LogP contribution in [0.2, 0.25) is 0 Å². The van der Waals surface area contributed by atoms with Gasteiger partial charge >= 0.3 is 11.9 Å². The maximum Gasteiger partial charge on any atom is 0.317 e. The van der Waals surface area contributed by atoms with Gasteiger partial charge in [-0.2, -0.15) is 0 Å². The second kappa shape index (κ2) is 15.3. The van der Waals surface area contributed by atoms with Crippen molar-refractivity contribution in [2.45, 2.75) is 88.8 Å². The van der Waals surface area contributed by atoms with Crippen LogP contribution in [0.5, 0.6) is 0 Å². The van der Waals surface area contributed by atoms with Gasteiger partial charge in [-0.15, -0.1) is 0 Å². The number of carbonyl (C=O) groups excluding carboxylic acids is 1. The first-order chi connectivity index (χ1) is 10.6. The first-order valence-electron chi connectivity index (χ1n) is 8.60. The number of halogens is 1. The topological polar surface area (TPSA) is 63.6 Å². The van der Waals surface area contributed by atoms with Crippen molar-refractivity contribution >= 4 is 27.9 Å². The van der Waals surface area contributed by atoms with Gasteiger partial charge in [-0.1, -0.05) is 87.1 Å². The number of alkyl halides is 1. The molecule has 0 radical (unpaired) electrons. The number of rotatable bonds is 15. The van der Waals surface area contributed by atoms with E-state index in [0.29, 0.717) is 6.61 Å². The van der Waals surface area contributed by atoms with E-state index in [0.717, 1.165) is 12.8 Å². The molecular formula is C17H31BrO4. The second-order valence-corrected chi connectivity index (χ2v) is 6.87. The van der Waals surface area contributed by atoms with Crippen LogP contribution in [-0.4, -0.2) is 28.5 Å². The van der Waals surface area contributed by atoms with Gasteiger partial charge in [0.15, 0.2) is 0 Å². The fourth-order valence-electron chi connectivity index (χ4n) is 2.24. The van der Waals surface area contributed by atoms with Crippen LogP contribution < -0.4 is 0 Å². The lowest BCUT2D eigenvalue weighted by molar-refractivity contribution is -0.147. The van der Waals surface area contributed by atoms with Crippen molar-refractivity contribution in [3.63, 3.8) is 0 Å². The molecule has 0 aromatic carbocycles. The first-order valence-corrected chi connectivity index (χ1v) is 9.52. The minimum Gasteiger partial charge on any atom is -0.480 e. The summed E-state index contributed by atoms with van der Waals surface area (Å²) in [7, 11) is 0. The lowest BCUT2D eigenvalue weighted by Crippen LogP contribution is -2.19. The summed E-state index contributed by atoms with van der Waals surface area (Å²) in [6.45, 7) is 2.64. The molecule has 0 rings (SSSR count). The lowest BCUT2D eigenvalue weighted by atomic mass is 10.1. The van der Waals surface area contributed by atoms with Crippen LogP contribution in [0.4, 0.5) is 0 Å². The Kier molecular flexibility index (Phi) is 14.9. The molecule has 0 aromatic rings. The van der Waals surface area contributed by atoms with Crippen molar-refractivity contribution in [3.8, 4) is 0 Å². The number of carboxylic acid groups (broad SMARTS) is 1. The standard InChI is InChI=1S/C17H31BrO4/c1-2-3-4-5-6-7-8-9-10-11-12-13-22-16(19)14-15(18)17(20)21/h15H,2-14H2,1H3,(H,20,21). The predicted octanol–water partition coefficient (Wildman–Crippen LogP) is 5.08. The second-order valence-electron chi connectivity index (χ2n) is 5.77. The fraction of sp³-hybridized carbons (Fsp3) is 0.882. The van der Waals surface area contributed by atoms with Gasteiger partial charge in [-0.25, -0.2) is 0 Å². The van der Waals surface area contributed by atoms with Crippen LogP contribution in [0.25, 0.3) is 0 Å². The zero-order valence-corrected chi connectivity index (χ0v) is 15.4. The van der Waals surface area contributed by atoms with Crippen LogP contribution in [0, 0.1) is 0 Å². The zero-order chi connectivity index (χ0) is 16.6. The summed E-state index contributed by atoms with van der Waals surface area (Å²) in [4.78, 5) is 21.0. The van der Waals surface area contributed by atoms with E-state index in [-0.39, 0.29) is 6.42 Å². The predicted molar refractivity (Wildman–Crippen MR) is 92.4 cm³/mol. The smallest absolute Gasteiger partial charge is 0.317 e. The van der Waals surface area contributed by atoms with E-state index in [1.807, 2.05) is 0 Å². The summed E-state index contributed by atoms with van der Waals surface area (Å²) in [6.07, 6.45) is 13.7. The quantitative estimate of drug-likeness (QED) is 0.245. The van der Waals surface area contributed by atoms with Crippen molar-refractivity contribution in [2.24, 2.45) is 0 Å². The SMILES string of the molecule is CCCCCCCCCCCCCOC(=O)CC(Br)C(=O)O. The summed E-state index contributed by atoms with van der Waals surface area (Å²) in [5, 5.41) is 8.65. The van der Waals surface area contributed by atoms with E-state index in [2.05, 4.69) is 22.9 Å². The molecule has 5 heteroatoms. The van der Waals surface area contributed by atoms with Gasteiger partial charge < -0.3 is 9.84 Å². The number of unbranched alkanes of at least 4 members (excludes halogenated alkanes) is 10. The van der Waals surface area contributed by atoms with Crippen molar-refractivity contribution < 1.29 is 19.4 Å². The van der Waals surface area contributed by atoms with Crippen molar-refractivity contribution in [3.05, 3.63) is 0 Å². The minimum absolute atomic E-state index is 0.118. The van der Waals surface area contributed by atoms with E-state index in [4.69, 9.17) is 9.84 Å². The number of hydrogen-bond donors (Lipinski definition) is 1. The van der Waals surface area contributed by atoms with Crippen molar-refractivity contribution in [1.29, 1.82) is 0 Å².